The van der Waals surface area contributed by atoms with Crippen LogP contribution < -0.4 is 22.3 Å². The Hall–Kier alpha value is -2.12. The summed E-state index contributed by atoms with van der Waals surface area (Å²) < 4.78 is 0. The molecule has 1 rings (SSSR count). The first-order valence-corrected chi connectivity index (χ1v) is 5.50. The van der Waals surface area contributed by atoms with Gasteiger partial charge in [-0.25, -0.2) is 20.4 Å². The van der Waals surface area contributed by atoms with Gasteiger partial charge in [-0.1, -0.05) is 13.8 Å². The number of rotatable bonds is 2. The van der Waals surface area contributed by atoms with Crippen LogP contribution in [-0.2, 0) is 0 Å². The molecular formula is C10H18N6O2. The number of nitrogens with one attached hydrogen (secondary N) is 2. The molecule has 1 aliphatic carbocycles. The van der Waals surface area contributed by atoms with E-state index in [2.05, 4.69) is 21.1 Å². The Bertz CT molecular complexity index is 377. The predicted molar refractivity (Wildman–Crippen MR) is 67.9 cm³/mol. The molecule has 8 nitrogen and oxygen atoms in total. The number of hydrogen-bond acceptors (Lipinski definition) is 4. The summed E-state index contributed by atoms with van der Waals surface area (Å²) in [6.45, 7) is 4.09. The largest absolute Gasteiger partial charge is 0.350 e. The average molecular weight is 254 g/mol. The van der Waals surface area contributed by atoms with Gasteiger partial charge >= 0.3 is 12.1 Å². The third kappa shape index (κ3) is 4.81. The topological polar surface area (TPSA) is 135 Å². The molecule has 0 radical (unpaired) electrons. The molecule has 1 aliphatic rings. The molecule has 0 aliphatic heterocycles. The molecule has 8 heteroatoms. The summed E-state index contributed by atoms with van der Waals surface area (Å²) in [5.41, 5.74) is 15.8. The molecule has 0 unspecified atom stereocenters. The third-order valence-corrected chi connectivity index (χ3v) is 2.42. The Labute approximate surface area is 105 Å². The summed E-state index contributed by atoms with van der Waals surface area (Å²) in [7, 11) is 0. The summed E-state index contributed by atoms with van der Waals surface area (Å²) in [6, 6.07) is -1.42. The van der Waals surface area contributed by atoms with Crippen LogP contribution in [0.4, 0.5) is 9.59 Å². The van der Waals surface area contributed by atoms with Gasteiger partial charge in [-0.15, -0.1) is 0 Å². The minimum atomic E-state index is -0.709. The highest BCUT2D eigenvalue weighted by Gasteiger charge is 2.29. The van der Waals surface area contributed by atoms with Gasteiger partial charge in [-0.05, 0) is 18.3 Å². The standard InChI is InChI=1S/C10H18N6O2/c1-10(2)4-6(13-15-8(11)17)3-7(5-10)14-16-9(12)18/h3-5H2,1-2H3,(H3,11,15,17)(H3,12,16,18)/b13-6-,14-7+. The van der Waals surface area contributed by atoms with Gasteiger partial charge in [0.25, 0.3) is 0 Å². The van der Waals surface area contributed by atoms with Crippen LogP contribution in [0.25, 0.3) is 0 Å². The van der Waals surface area contributed by atoms with Gasteiger partial charge in [0.2, 0.25) is 0 Å². The maximum Gasteiger partial charge on any atom is 0.332 e. The number of nitrogens with two attached hydrogens (primary N) is 2. The smallest absolute Gasteiger partial charge is 0.332 e. The molecule has 0 saturated heterocycles. The monoisotopic (exact) mass is 254 g/mol. The lowest BCUT2D eigenvalue weighted by atomic mass is 9.75. The molecule has 18 heavy (non-hydrogen) atoms. The van der Waals surface area contributed by atoms with Gasteiger partial charge in [0, 0.05) is 17.8 Å². The molecule has 0 spiro atoms. The molecule has 0 aromatic carbocycles. The van der Waals surface area contributed by atoms with E-state index in [1.807, 2.05) is 13.8 Å². The lowest BCUT2D eigenvalue weighted by molar-refractivity contribution is 0.248. The van der Waals surface area contributed by atoms with Crippen molar-refractivity contribution in [3.63, 3.8) is 0 Å². The molecule has 1 saturated carbocycles. The Morgan fingerprint density at radius 3 is 1.78 bits per heavy atom. The predicted octanol–water partition coefficient (Wildman–Crippen LogP) is 0.245. The van der Waals surface area contributed by atoms with Crippen molar-refractivity contribution < 1.29 is 9.59 Å². The molecule has 100 valence electrons. The maximum atomic E-state index is 10.6. The quantitative estimate of drug-likeness (QED) is 0.525. The van der Waals surface area contributed by atoms with Crippen LogP contribution in [0, 0.1) is 5.41 Å². The van der Waals surface area contributed by atoms with Crippen molar-refractivity contribution >= 4 is 23.5 Å². The van der Waals surface area contributed by atoms with E-state index in [-0.39, 0.29) is 5.41 Å². The highest BCUT2D eigenvalue weighted by Crippen LogP contribution is 2.32. The Kier molecular flexibility index (Phi) is 4.24. The number of hydrazone groups is 2. The van der Waals surface area contributed by atoms with Gasteiger partial charge in [0.05, 0.1) is 0 Å². The van der Waals surface area contributed by atoms with Crippen LogP contribution in [0.3, 0.4) is 0 Å². The van der Waals surface area contributed by atoms with Gasteiger partial charge in [0.1, 0.15) is 0 Å². The normalized spacial score (nSPS) is 22.8. The second-order valence-corrected chi connectivity index (χ2v) is 5.00. The Balaban J connectivity index is 2.78. The van der Waals surface area contributed by atoms with E-state index in [1.165, 1.54) is 0 Å². The Morgan fingerprint density at radius 2 is 1.44 bits per heavy atom. The Morgan fingerprint density at radius 1 is 1.06 bits per heavy atom. The number of carbonyl (C=O) groups is 2. The van der Waals surface area contributed by atoms with E-state index in [0.717, 1.165) is 24.3 Å². The second-order valence-electron chi connectivity index (χ2n) is 5.00. The zero-order valence-corrected chi connectivity index (χ0v) is 10.5. The fraction of sp³-hybridized carbons (Fsp3) is 0.600. The number of amides is 4. The first kappa shape index (κ1) is 13.9. The minimum Gasteiger partial charge on any atom is -0.350 e. The lowest BCUT2D eigenvalue weighted by Gasteiger charge is -2.31. The molecule has 1 fully saturated rings. The average Bonchev–Trinajstić information content (AvgIpc) is 2.21. The molecule has 4 amide bonds. The first-order chi connectivity index (χ1) is 8.28. The molecule has 0 atom stereocenters. The van der Waals surface area contributed by atoms with Crippen molar-refractivity contribution in [2.45, 2.75) is 33.1 Å². The highest BCUT2D eigenvalue weighted by molar-refractivity contribution is 6.07. The van der Waals surface area contributed by atoms with Crippen LogP contribution in [0.5, 0.6) is 0 Å². The van der Waals surface area contributed by atoms with E-state index in [0.29, 0.717) is 6.42 Å². The highest BCUT2D eigenvalue weighted by atomic mass is 16.2. The second kappa shape index (κ2) is 5.48. The summed E-state index contributed by atoms with van der Waals surface area (Å²) in [6.07, 6.45) is 1.93. The fourth-order valence-corrected chi connectivity index (χ4v) is 1.95. The molecular weight excluding hydrogens is 236 g/mol. The minimum absolute atomic E-state index is 0.0471. The van der Waals surface area contributed by atoms with Crippen molar-refractivity contribution in [2.24, 2.45) is 27.1 Å². The summed E-state index contributed by atoms with van der Waals surface area (Å²) in [4.78, 5) is 21.2. The van der Waals surface area contributed by atoms with Gasteiger partial charge in [-0.3, -0.25) is 0 Å². The van der Waals surface area contributed by atoms with Crippen LogP contribution in [-0.4, -0.2) is 23.5 Å². The van der Waals surface area contributed by atoms with Gasteiger partial charge < -0.3 is 11.5 Å². The lowest BCUT2D eigenvalue weighted by Crippen LogP contribution is -2.34. The van der Waals surface area contributed by atoms with Crippen molar-refractivity contribution in [3.05, 3.63) is 0 Å². The number of nitrogens with zero attached hydrogens (tertiary/aromatic N) is 2. The van der Waals surface area contributed by atoms with Gasteiger partial charge in [0.15, 0.2) is 0 Å². The first-order valence-electron chi connectivity index (χ1n) is 5.50. The van der Waals surface area contributed by atoms with Crippen LogP contribution in [0.2, 0.25) is 0 Å². The van der Waals surface area contributed by atoms with E-state index in [4.69, 9.17) is 11.5 Å². The maximum absolute atomic E-state index is 10.6. The van der Waals surface area contributed by atoms with Crippen molar-refractivity contribution in [2.75, 3.05) is 0 Å². The van der Waals surface area contributed by atoms with Crippen LogP contribution in [0.1, 0.15) is 33.1 Å². The number of urea groups is 2. The zero-order chi connectivity index (χ0) is 13.8. The van der Waals surface area contributed by atoms with E-state index in [1.54, 1.807) is 0 Å². The number of carbonyl (C=O) groups excluding carboxylic acids is 2. The zero-order valence-electron chi connectivity index (χ0n) is 10.5. The third-order valence-electron chi connectivity index (χ3n) is 2.42. The van der Waals surface area contributed by atoms with E-state index >= 15 is 0 Å². The number of primary amides is 2. The summed E-state index contributed by atoms with van der Waals surface area (Å²) in [5.74, 6) is 0. The molecule has 6 N–H and O–H groups in total. The SMILES string of the molecule is CC1(C)C/C(=N/NC(N)=O)C/C(=N/NC(N)=O)C1. The molecule has 0 aromatic rings. The number of hydrogen-bond donors (Lipinski definition) is 4. The fourth-order valence-electron chi connectivity index (χ4n) is 1.95. The molecule has 0 heterocycles. The molecule has 0 aromatic heterocycles. The summed E-state index contributed by atoms with van der Waals surface area (Å²) >= 11 is 0. The summed E-state index contributed by atoms with van der Waals surface area (Å²) in [5, 5.41) is 7.85. The van der Waals surface area contributed by atoms with Crippen LogP contribution >= 0.6 is 0 Å². The van der Waals surface area contributed by atoms with Crippen molar-refractivity contribution in [1.82, 2.24) is 10.9 Å². The van der Waals surface area contributed by atoms with Crippen LogP contribution in [0.15, 0.2) is 10.2 Å². The molecule has 0 bridgehead atoms. The van der Waals surface area contributed by atoms with Crippen molar-refractivity contribution in [3.8, 4) is 0 Å². The van der Waals surface area contributed by atoms with Gasteiger partial charge in [-0.2, -0.15) is 10.2 Å². The van der Waals surface area contributed by atoms with E-state index in [9.17, 15) is 9.59 Å². The van der Waals surface area contributed by atoms with E-state index < -0.39 is 12.1 Å². The van der Waals surface area contributed by atoms with Crippen molar-refractivity contribution in [1.29, 1.82) is 0 Å².